The molecular formula is C37H62N2O11. The summed E-state index contributed by atoms with van der Waals surface area (Å²) in [6, 6.07) is -0.247. The average Bonchev–Trinajstić information content (AvgIpc) is 3.03. The van der Waals surface area contributed by atoms with Crippen LogP contribution in [0.3, 0.4) is 0 Å². The van der Waals surface area contributed by atoms with Gasteiger partial charge < -0.3 is 48.9 Å². The fraction of sp³-hybridized carbons (Fsp3) is 0.811. The smallest absolute Gasteiger partial charge is 0.311 e. The van der Waals surface area contributed by atoms with E-state index in [2.05, 4.69) is 11.9 Å². The Morgan fingerprint density at radius 1 is 1.10 bits per heavy atom. The van der Waals surface area contributed by atoms with E-state index in [4.69, 9.17) is 28.4 Å². The minimum atomic E-state index is -1.72. The highest BCUT2D eigenvalue weighted by molar-refractivity contribution is 5.75. The third-order valence-corrected chi connectivity index (χ3v) is 10.6. The van der Waals surface area contributed by atoms with E-state index in [0.29, 0.717) is 17.7 Å². The summed E-state index contributed by atoms with van der Waals surface area (Å²) < 4.78 is 38.2. The molecule has 0 radical (unpaired) electrons. The van der Waals surface area contributed by atoms with Gasteiger partial charge in [-0.15, -0.1) is 0 Å². The zero-order valence-electron chi connectivity index (χ0n) is 32.1. The number of esters is 2. The highest BCUT2D eigenvalue weighted by Gasteiger charge is 2.52. The Balaban J connectivity index is 2.34. The standard InChI is InChI=1S/C37H62N2O11/c1-14-28-37(11,44)33-22(5)29(38-25(8)40)20(3)16-36(10,46-18-19(2)17-45-33)32(23(6)30(42)24(7)34(43)49-28)50-35-31(48-26(9)41)27(39(12)13)15-21(4)47-35/h21-24,27-28,30-33,35,42,44H,2,14-18H2,1,3-13H3,(H,38,40)/t21-,22+,23+,24-,27+,28-,30+,31-,32-,33-,35+,36-,37-/m1/s1. The van der Waals surface area contributed by atoms with Crippen LogP contribution in [0.25, 0.3) is 0 Å². The largest absolute Gasteiger partial charge is 0.459 e. The molecule has 50 heavy (non-hydrogen) atoms. The summed E-state index contributed by atoms with van der Waals surface area (Å²) in [6.45, 7) is 21.1. The molecule has 13 heteroatoms. The lowest BCUT2D eigenvalue weighted by atomic mass is 9.76. The number of ether oxygens (including phenoxy) is 6. The van der Waals surface area contributed by atoms with Crippen molar-refractivity contribution in [2.75, 3.05) is 27.3 Å². The predicted octanol–water partition coefficient (Wildman–Crippen LogP) is 3.25. The van der Waals surface area contributed by atoms with Gasteiger partial charge in [0, 0.05) is 37.8 Å². The topological polar surface area (TPSA) is 162 Å². The van der Waals surface area contributed by atoms with Crippen LogP contribution in [-0.2, 0) is 42.8 Å². The summed E-state index contributed by atoms with van der Waals surface area (Å²) in [7, 11) is 3.79. The number of fused-ring (bicyclic) bond motifs is 4. The van der Waals surface area contributed by atoms with Gasteiger partial charge in [0.05, 0.1) is 55.2 Å². The molecule has 1 fully saturated rings. The van der Waals surface area contributed by atoms with E-state index in [1.165, 1.54) is 13.8 Å². The minimum absolute atomic E-state index is 0.000409. The van der Waals surface area contributed by atoms with Crippen molar-refractivity contribution in [2.24, 2.45) is 17.8 Å². The zero-order chi connectivity index (χ0) is 37.9. The molecule has 0 aromatic carbocycles. The number of carbonyl (C=O) groups is 3. The number of nitrogens with one attached hydrogen (secondary N) is 1. The number of hydrogen-bond acceptors (Lipinski definition) is 12. The van der Waals surface area contributed by atoms with Gasteiger partial charge in [-0.1, -0.05) is 32.9 Å². The van der Waals surface area contributed by atoms with Crippen LogP contribution in [-0.4, -0.2) is 120 Å². The number of likely N-dealkylation sites (N-methyl/N-ethyl adjacent to an activating group) is 1. The van der Waals surface area contributed by atoms with E-state index < -0.39 is 77.7 Å². The maximum absolute atomic E-state index is 13.8. The van der Waals surface area contributed by atoms with Gasteiger partial charge in [0.1, 0.15) is 11.7 Å². The Hall–Kier alpha value is -2.39. The zero-order valence-corrected chi connectivity index (χ0v) is 32.1. The van der Waals surface area contributed by atoms with E-state index >= 15 is 0 Å². The maximum Gasteiger partial charge on any atom is 0.311 e. The number of cyclic esters (lactones) is 1. The molecule has 3 heterocycles. The molecule has 0 unspecified atom stereocenters. The van der Waals surface area contributed by atoms with Gasteiger partial charge in [0.25, 0.3) is 0 Å². The fourth-order valence-corrected chi connectivity index (χ4v) is 7.89. The fourth-order valence-electron chi connectivity index (χ4n) is 7.89. The van der Waals surface area contributed by atoms with Gasteiger partial charge in [-0.2, -0.15) is 0 Å². The average molecular weight is 711 g/mol. The molecule has 286 valence electrons. The van der Waals surface area contributed by atoms with Crippen molar-refractivity contribution >= 4 is 17.8 Å². The number of amides is 1. The Labute approximate surface area is 298 Å². The number of hydrogen-bond donors (Lipinski definition) is 3. The molecule has 3 N–H and O–H groups in total. The van der Waals surface area contributed by atoms with Crippen LogP contribution >= 0.6 is 0 Å². The third kappa shape index (κ3) is 9.53. The van der Waals surface area contributed by atoms with Crippen LogP contribution in [0.1, 0.15) is 88.5 Å². The molecule has 2 bridgehead atoms. The summed E-state index contributed by atoms with van der Waals surface area (Å²) >= 11 is 0. The summed E-state index contributed by atoms with van der Waals surface area (Å²) in [5, 5.41) is 27.1. The van der Waals surface area contributed by atoms with Crippen molar-refractivity contribution in [3.05, 3.63) is 23.4 Å². The molecule has 13 nitrogen and oxygen atoms in total. The van der Waals surface area contributed by atoms with E-state index in [1.54, 1.807) is 27.7 Å². The molecule has 13 atom stereocenters. The number of rotatable bonds is 6. The van der Waals surface area contributed by atoms with Gasteiger partial charge in [-0.05, 0) is 67.1 Å². The minimum Gasteiger partial charge on any atom is -0.459 e. The first-order valence-corrected chi connectivity index (χ1v) is 17.8. The van der Waals surface area contributed by atoms with Crippen molar-refractivity contribution in [3.8, 4) is 0 Å². The van der Waals surface area contributed by atoms with Crippen molar-refractivity contribution < 1.29 is 53.0 Å². The first-order valence-electron chi connectivity index (χ1n) is 17.8. The number of nitrogens with zero attached hydrogens (tertiary/aromatic N) is 1. The second kappa shape index (κ2) is 17.0. The molecule has 3 aliphatic heterocycles. The van der Waals surface area contributed by atoms with Gasteiger partial charge >= 0.3 is 11.9 Å². The molecule has 3 rings (SSSR count). The molecule has 1 amide bonds. The first-order chi connectivity index (χ1) is 23.1. The quantitative estimate of drug-likeness (QED) is 0.273. The van der Waals surface area contributed by atoms with Crippen molar-refractivity contribution in [2.45, 2.75) is 149 Å². The molecule has 0 saturated carbocycles. The van der Waals surface area contributed by atoms with E-state index in [9.17, 15) is 24.6 Å². The van der Waals surface area contributed by atoms with Crippen molar-refractivity contribution in [3.63, 3.8) is 0 Å². The molecule has 0 spiro atoms. The second-order valence-corrected chi connectivity index (χ2v) is 15.3. The Kier molecular flexibility index (Phi) is 14.3. The van der Waals surface area contributed by atoms with Gasteiger partial charge in [0.2, 0.25) is 5.91 Å². The highest BCUT2D eigenvalue weighted by atomic mass is 16.7. The Morgan fingerprint density at radius 2 is 1.74 bits per heavy atom. The molecule has 3 aliphatic rings. The van der Waals surface area contributed by atoms with E-state index in [0.717, 1.165) is 5.57 Å². The monoisotopic (exact) mass is 710 g/mol. The Bertz CT molecular complexity index is 1270. The molecular weight excluding hydrogens is 648 g/mol. The number of aliphatic hydroxyl groups is 2. The predicted molar refractivity (Wildman–Crippen MR) is 186 cm³/mol. The number of aliphatic hydroxyl groups excluding tert-OH is 1. The normalized spacial score (nSPS) is 41.1. The summed E-state index contributed by atoms with van der Waals surface area (Å²) in [5.74, 6) is -3.96. The van der Waals surface area contributed by atoms with Crippen LogP contribution < -0.4 is 5.32 Å². The van der Waals surface area contributed by atoms with Gasteiger partial charge in [0.15, 0.2) is 12.4 Å². The van der Waals surface area contributed by atoms with E-state index in [1.807, 2.05) is 46.7 Å². The lowest BCUT2D eigenvalue weighted by Crippen LogP contribution is -2.60. The molecule has 0 aromatic heterocycles. The first kappa shape index (κ1) is 42.0. The molecule has 0 aliphatic carbocycles. The lowest BCUT2D eigenvalue weighted by molar-refractivity contribution is -0.303. The molecule has 0 aromatic rings. The van der Waals surface area contributed by atoms with Crippen LogP contribution in [0.2, 0.25) is 0 Å². The van der Waals surface area contributed by atoms with Gasteiger partial charge in [-0.3, -0.25) is 14.4 Å². The van der Waals surface area contributed by atoms with Crippen LogP contribution in [0, 0.1) is 17.8 Å². The Morgan fingerprint density at radius 3 is 2.30 bits per heavy atom. The van der Waals surface area contributed by atoms with Crippen LogP contribution in [0.15, 0.2) is 23.4 Å². The van der Waals surface area contributed by atoms with Crippen LogP contribution in [0.5, 0.6) is 0 Å². The van der Waals surface area contributed by atoms with Crippen molar-refractivity contribution in [1.29, 1.82) is 0 Å². The molecule has 1 saturated heterocycles. The number of carbonyl (C=O) groups excluding carboxylic acids is 3. The van der Waals surface area contributed by atoms with Gasteiger partial charge in [-0.25, -0.2) is 0 Å². The van der Waals surface area contributed by atoms with Crippen LogP contribution in [0.4, 0.5) is 0 Å². The third-order valence-electron chi connectivity index (χ3n) is 10.6. The van der Waals surface area contributed by atoms with Crippen molar-refractivity contribution in [1.82, 2.24) is 10.2 Å². The summed E-state index contributed by atoms with van der Waals surface area (Å²) in [4.78, 5) is 40.8. The highest BCUT2D eigenvalue weighted by Crippen LogP contribution is 2.41. The summed E-state index contributed by atoms with van der Waals surface area (Å²) in [6.07, 6.45) is -5.42. The summed E-state index contributed by atoms with van der Waals surface area (Å²) in [5.41, 5.74) is -1.17. The maximum atomic E-state index is 13.8. The SMILES string of the molecule is C=C1CO[C@@H]2[C@@H](C)C(NC(C)=O)=C(C)C[C@@](C)(OC1)[C@H](O[C@@H]1O[C@H](C)C[C@H](N(C)C)[C@H]1OC(C)=O)[C@@H](C)[C@H](O)[C@@H](C)C(=O)O[C@H](CC)[C@@]2(C)O. The van der Waals surface area contributed by atoms with E-state index in [-0.39, 0.29) is 44.1 Å². The lowest BCUT2D eigenvalue weighted by Gasteiger charge is -2.48. The second-order valence-electron chi connectivity index (χ2n) is 15.3.